The average molecular weight is 276 g/mol. The summed E-state index contributed by atoms with van der Waals surface area (Å²) in [6.45, 7) is 0. The molecule has 4 heterocycles. The first-order valence-corrected chi connectivity index (χ1v) is 7.72. The summed E-state index contributed by atoms with van der Waals surface area (Å²) in [7, 11) is 0. The SMILES string of the molecule is c1ncc(-c2noc(CC3CC4CCC(C3)N4)n2)s1. The van der Waals surface area contributed by atoms with Crippen LogP contribution in [-0.4, -0.2) is 27.2 Å². The Morgan fingerprint density at radius 3 is 2.89 bits per heavy atom. The van der Waals surface area contributed by atoms with Gasteiger partial charge in [0.25, 0.3) is 0 Å². The Hall–Kier alpha value is -1.27. The Labute approximate surface area is 115 Å². The Kier molecular flexibility index (Phi) is 2.85. The van der Waals surface area contributed by atoms with Crippen molar-refractivity contribution in [3.05, 3.63) is 17.6 Å². The van der Waals surface area contributed by atoms with Crippen molar-refractivity contribution in [1.29, 1.82) is 0 Å². The molecule has 100 valence electrons. The van der Waals surface area contributed by atoms with Crippen LogP contribution in [0, 0.1) is 5.92 Å². The lowest BCUT2D eigenvalue weighted by atomic mass is 9.90. The van der Waals surface area contributed by atoms with Gasteiger partial charge in [-0.05, 0) is 31.6 Å². The van der Waals surface area contributed by atoms with Gasteiger partial charge in [-0.1, -0.05) is 5.16 Å². The molecular formula is C13H16N4OS. The van der Waals surface area contributed by atoms with E-state index in [2.05, 4.69) is 20.4 Å². The number of nitrogens with one attached hydrogen (secondary N) is 1. The molecule has 2 unspecified atom stereocenters. The largest absolute Gasteiger partial charge is 0.339 e. The maximum Gasteiger partial charge on any atom is 0.227 e. The number of hydrogen-bond acceptors (Lipinski definition) is 6. The standard InChI is InChI=1S/C13H16N4OS/c1-2-10-4-8(3-9(1)15-10)5-12-16-13(17-18-12)11-6-14-7-19-11/h6-10,15H,1-5H2. The van der Waals surface area contributed by atoms with E-state index in [1.165, 1.54) is 25.7 Å². The number of aromatic nitrogens is 3. The summed E-state index contributed by atoms with van der Waals surface area (Å²) in [5.74, 6) is 2.14. The van der Waals surface area contributed by atoms with Crippen molar-refractivity contribution in [1.82, 2.24) is 20.4 Å². The number of nitrogens with zero attached hydrogens (tertiary/aromatic N) is 3. The summed E-state index contributed by atoms with van der Waals surface area (Å²) in [6, 6.07) is 1.43. The lowest BCUT2D eigenvalue weighted by molar-refractivity contribution is 0.270. The Bertz CT molecular complexity index is 541. The topological polar surface area (TPSA) is 63.8 Å². The van der Waals surface area contributed by atoms with E-state index in [0.717, 1.165) is 17.2 Å². The van der Waals surface area contributed by atoms with Crippen molar-refractivity contribution in [3.63, 3.8) is 0 Å². The smallest absolute Gasteiger partial charge is 0.227 e. The molecule has 5 nitrogen and oxygen atoms in total. The summed E-state index contributed by atoms with van der Waals surface area (Å²) >= 11 is 1.54. The van der Waals surface area contributed by atoms with E-state index >= 15 is 0 Å². The monoisotopic (exact) mass is 276 g/mol. The number of fused-ring (bicyclic) bond motifs is 2. The highest BCUT2D eigenvalue weighted by Gasteiger charge is 2.34. The molecule has 1 N–H and O–H groups in total. The molecule has 4 rings (SSSR count). The van der Waals surface area contributed by atoms with Gasteiger partial charge in [0, 0.05) is 24.7 Å². The van der Waals surface area contributed by atoms with Crippen LogP contribution in [0.25, 0.3) is 10.7 Å². The summed E-state index contributed by atoms with van der Waals surface area (Å²) in [5.41, 5.74) is 1.79. The molecule has 0 amide bonds. The van der Waals surface area contributed by atoms with Gasteiger partial charge in [0.1, 0.15) is 0 Å². The minimum absolute atomic E-state index is 0.675. The van der Waals surface area contributed by atoms with Crippen LogP contribution in [0.5, 0.6) is 0 Å². The van der Waals surface area contributed by atoms with Gasteiger partial charge in [0.05, 0.1) is 10.4 Å². The van der Waals surface area contributed by atoms with E-state index in [9.17, 15) is 0 Å². The number of hydrogen-bond donors (Lipinski definition) is 1. The summed E-state index contributed by atoms with van der Waals surface area (Å²) in [4.78, 5) is 9.50. The first kappa shape index (κ1) is 11.5. The van der Waals surface area contributed by atoms with Crippen molar-refractivity contribution >= 4 is 11.3 Å². The summed E-state index contributed by atoms with van der Waals surface area (Å²) < 4.78 is 5.38. The molecule has 2 atom stereocenters. The molecular weight excluding hydrogens is 260 g/mol. The quantitative estimate of drug-likeness (QED) is 0.931. The average Bonchev–Trinajstić information content (AvgIpc) is 3.10. The minimum atomic E-state index is 0.675. The lowest BCUT2D eigenvalue weighted by Crippen LogP contribution is -2.38. The van der Waals surface area contributed by atoms with E-state index in [4.69, 9.17) is 4.52 Å². The van der Waals surface area contributed by atoms with Gasteiger partial charge in [-0.25, -0.2) is 0 Å². The molecule has 2 saturated heterocycles. The zero-order valence-corrected chi connectivity index (χ0v) is 11.4. The second kappa shape index (κ2) is 4.68. The van der Waals surface area contributed by atoms with Crippen molar-refractivity contribution < 1.29 is 4.52 Å². The highest BCUT2D eigenvalue weighted by Crippen LogP contribution is 2.32. The lowest BCUT2D eigenvalue weighted by Gasteiger charge is -2.27. The maximum absolute atomic E-state index is 5.38. The van der Waals surface area contributed by atoms with Crippen LogP contribution in [0.3, 0.4) is 0 Å². The van der Waals surface area contributed by atoms with Crippen LogP contribution in [-0.2, 0) is 6.42 Å². The zero-order chi connectivity index (χ0) is 12.7. The van der Waals surface area contributed by atoms with Gasteiger partial charge in [-0.15, -0.1) is 11.3 Å². The fourth-order valence-electron chi connectivity index (χ4n) is 3.35. The second-order valence-electron chi connectivity index (χ2n) is 5.56. The predicted molar refractivity (Wildman–Crippen MR) is 71.8 cm³/mol. The highest BCUT2D eigenvalue weighted by molar-refractivity contribution is 7.13. The highest BCUT2D eigenvalue weighted by atomic mass is 32.1. The van der Waals surface area contributed by atoms with Gasteiger partial charge >= 0.3 is 0 Å². The molecule has 0 spiro atoms. The van der Waals surface area contributed by atoms with Gasteiger partial charge in [0.15, 0.2) is 0 Å². The molecule has 0 aromatic carbocycles. The van der Waals surface area contributed by atoms with E-state index < -0.39 is 0 Å². The molecule has 0 radical (unpaired) electrons. The molecule has 6 heteroatoms. The van der Waals surface area contributed by atoms with Crippen molar-refractivity contribution in [3.8, 4) is 10.7 Å². The molecule has 2 fully saturated rings. The third-order valence-electron chi connectivity index (χ3n) is 4.15. The van der Waals surface area contributed by atoms with Crippen molar-refractivity contribution in [2.24, 2.45) is 5.92 Å². The molecule has 19 heavy (non-hydrogen) atoms. The van der Waals surface area contributed by atoms with Gasteiger partial charge in [-0.2, -0.15) is 4.98 Å². The second-order valence-corrected chi connectivity index (χ2v) is 6.44. The van der Waals surface area contributed by atoms with Crippen LogP contribution in [0.1, 0.15) is 31.6 Å². The fraction of sp³-hybridized carbons (Fsp3) is 0.615. The van der Waals surface area contributed by atoms with E-state index in [1.54, 1.807) is 23.0 Å². The van der Waals surface area contributed by atoms with Crippen LogP contribution < -0.4 is 5.32 Å². The van der Waals surface area contributed by atoms with Crippen molar-refractivity contribution in [2.75, 3.05) is 0 Å². The first-order chi connectivity index (χ1) is 9.37. The maximum atomic E-state index is 5.38. The van der Waals surface area contributed by atoms with Crippen molar-refractivity contribution in [2.45, 2.75) is 44.2 Å². The van der Waals surface area contributed by atoms with Crippen LogP contribution in [0.15, 0.2) is 16.2 Å². The normalized spacial score (nSPS) is 29.8. The van der Waals surface area contributed by atoms with Crippen LogP contribution in [0.2, 0.25) is 0 Å². The number of piperidine rings is 1. The third kappa shape index (κ3) is 2.30. The molecule has 2 bridgehead atoms. The van der Waals surface area contributed by atoms with Gasteiger partial charge in [0.2, 0.25) is 11.7 Å². The Balaban J connectivity index is 1.46. The fourth-order valence-corrected chi connectivity index (χ4v) is 3.90. The van der Waals surface area contributed by atoms with E-state index in [0.29, 0.717) is 23.8 Å². The van der Waals surface area contributed by atoms with Crippen LogP contribution in [0.4, 0.5) is 0 Å². The first-order valence-electron chi connectivity index (χ1n) is 6.84. The Morgan fingerprint density at radius 1 is 1.32 bits per heavy atom. The Morgan fingerprint density at radius 2 is 2.16 bits per heavy atom. The van der Waals surface area contributed by atoms with Crippen LogP contribution >= 0.6 is 11.3 Å². The third-order valence-corrected chi connectivity index (χ3v) is 4.92. The minimum Gasteiger partial charge on any atom is -0.339 e. The molecule has 2 aliphatic rings. The molecule has 0 saturated carbocycles. The molecule has 2 aliphatic heterocycles. The van der Waals surface area contributed by atoms with E-state index in [-0.39, 0.29) is 0 Å². The van der Waals surface area contributed by atoms with Gasteiger partial charge < -0.3 is 9.84 Å². The number of rotatable bonds is 3. The van der Waals surface area contributed by atoms with Gasteiger partial charge in [-0.3, -0.25) is 4.98 Å². The molecule has 2 aromatic rings. The molecule has 2 aromatic heterocycles. The van der Waals surface area contributed by atoms with E-state index in [1.807, 2.05) is 0 Å². The molecule has 0 aliphatic carbocycles. The predicted octanol–water partition coefficient (Wildman–Crippen LogP) is 2.27. The zero-order valence-electron chi connectivity index (χ0n) is 10.6. The summed E-state index contributed by atoms with van der Waals surface area (Å²) in [5, 5.41) is 7.71. The number of thiazole rings is 1. The summed E-state index contributed by atoms with van der Waals surface area (Å²) in [6.07, 6.45) is 7.85.